The molecule has 4 rings (SSSR count). The molecule has 4 heteroatoms. The van der Waals surface area contributed by atoms with Crippen molar-refractivity contribution in [2.24, 2.45) is 0 Å². The lowest BCUT2D eigenvalue weighted by atomic mass is 10.1. The minimum atomic E-state index is 0.145. The Labute approximate surface area is 167 Å². The number of benzene rings is 2. The molecule has 3 aromatic rings. The number of carbonyl (C=O) groups excluding carboxylic acids is 1. The van der Waals surface area contributed by atoms with Crippen molar-refractivity contribution in [3.63, 3.8) is 0 Å². The number of carbonyl (C=O) groups is 1. The molecule has 0 bridgehead atoms. The highest BCUT2D eigenvalue weighted by Crippen LogP contribution is 2.34. The number of anilines is 1. The summed E-state index contributed by atoms with van der Waals surface area (Å²) in [6.45, 7) is 6.06. The Balaban J connectivity index is 1.67. The van der Waals surface area contributed by atoms with Crippen LogP contribution in [-0.4, -0.2) is 22.0 Å². The Morgan fingerprint density at radius 3 is 2.64 bits per heavy atom. The number of amides is 1. The molecule has 2 heterocycles. The second-order valence-electron chi connectivity index (χ2n) is 7.71. The molecule has 0 unspecified atom stereocenters. The van der Waals surface area contributed by atoms with Crippen LogP contribution in [-0.2, 0) is 17.8 Å². The fourth-order valence-electron chi connectivity index (χ4n) is 4.35. The van der Waals surface area contributed by atoms with Crippen LogP contribution in [0.1, 0.15) is 56.8 Å². The normalized spacial score (nSPS) is 17.0. The van der Waals surface area contributed by atoms with Crippen molar-refractivity contribution in [1.29, 1.82) is 0 Å². The Hall–Kier alpha value is -2.62. The first-order valence-electron chi connectivity index (χ1n) is 10.6. The van der Waals surface area contributed by atoms with Crippen LogP contribution in [0.4, 0.5) is 5.69 Å². The first kappa shape index (κ1) is 18.7. The predicted octanol–water partition coefficient (Wildman–Crippen LogP) is 5.31. The van der Waals surface area contributed by atoms with Gasteiger partial charge >= 0.3 is 0 Å². The van der Waals surface area contributed by atoms with Gasteiger partial charge in [-0.2, -0.15) is 0 Å². The average Bonchev–Trinajstić information content (AvgIpc) is 3.29. The molecule has 0 aliphatic carbocycles. The van der Waals surface area contributed by atoms with Crippen molar-refractivity contribution in [1.82, 2.24) is 9.55 Å². The average molecular weight is 376 g/mol. The third kappa shape index (κ3) is 3.44. The molecule has 1 amide bonds. The summed E-state index contributed by atoms with van der Waals surface area (Å²) in [5, 5.41) is 0. The number of fused-ring (bicyclic) bond motifs is 1. The van der Waals surface area contributed by atoms with Gasteiger partial charge in [0, 0.05) is 31.1 Å². The Morgan fingerprint density at radius 1 is 1.04 bits per heavy atom. The van der Waals surface area contributed by atoms with Crippen molar-refractivity contribution in [3.05, 3.63) is 59.9 Å². The molecule has 0 N–H and O–H groups in total. The Morgan fingerprint density at radius 2 is 1.82 bits per heavy atom. The molecule has 1 aromatic heterocycles. The fraction of sp³-hybridized carbons (Fsp3) is 0.417. The molecule has 2 aromatic carbocycles. The molecule has 1 aliphatic heterocycles. The summed E-state index contributed by atoms with van der Waals surface area (Å²) in [7, 11) is 0. The zero-order valence-electron chi connectivity index (χ0n) is 16.9. The van der Waals surface area contributed by atoms with Gasteiger partial charge in [0.25, 0.3) is 0 Å². The van der Waals surface area contributed by atoms with E-state index in [1.165, 1.54) is 23.9 Å². The summed E-state index contributed by atoms with van der Waals surface area (Å²) in [5.41, 5.74) is 4.52. The van der Waals surface area contributed by atoms with Gasteiger partial charge in [0.1, 0.15) is 5.82 Å². The van der Waals surface area contributed by atoms with Crippen LogP contribution >= 0.6 is 0 Å². The fourth-order valence-corrected chi connectivity index (χ4v) is 4.35. The number of nitrogens with zero attached hydrogens (tertiary/aromatic N) is 3. The van der Waals surface area contributed by atoms with Crippen LogP contribution < -0.4 is 4.90 Å². The number of hydrogen-bond donors (Lipinski definition) is 0. The number of hydrogen-bond acceptors (Lipinski definition) is 2. The maximum atomic E-state index is 12.9. The van der Waals surface area contributed by atoms with Crippen molar-refractivity contribution in [3.8, 4) is 0 Å². The van der Waals surface area contributed by atoms with Gasteiger partial charge in [-0.25, -0.2) is 4.98 Å². The largest absolute Gasteiger partial charge is 0.328 e. The standard InChI is InChI=1S/C24H29N3O/c1-3-5-10-15-26-22-14-9-7-12-20(22)25-24(26)19-16-23(28)27(17-19)21-13-8-6-11-18(21)4-2/h6-9,11-14,19H,3-5,10,15-17H2,1-2H3/t19-/m0/s1. The summed E-state index contributed by atoms with van der Waals surface area (Å²) in [6.07, 6.45) is 5.03. The van der Waals surface area contributed by atoms with E-state index in [9.17, 15) is 4.79 Å². The molecular weight excluding hydrogens is 346 g/mol. The SMILES string of the molecule is CCCCCn1c([C@H]2CC(=O)N(c3ccccc3CC)C2)nc2ccccc21. The highest BCUT2D eigenvalue weighted by atomic mass is 16.2. The lowest BCUT2D eigenvalue weighted by molar-refractivity contribution is -0.117. The number of imidazole rings is 1. The molecule has 0 spiro atoms. The number of unbranched alkanes of at least 4 members (excludes halogenated alkanes) is 2. The molecule has 4 nitrogen and oxygen atoms in total. The zero-order valence-corrected chi connectivity index (χ0v) is 16.9. The first-order valence-corrected chi connectivity index (χ1v) is 10.6. The number of aryl methyl sites for hydroxylation is 2. The quantitative estimate of drug-likeness (QED) is 0.525. The number of rotatable bonds is 7. The Kier molecular flexibility index (Phi) is 5.47. The molecular formula is C24H29N3O. The monoisotopic (exact) mass is 375 g/mol. The van der Waals surface area contributed by atoms with Gasteiger partial charge in [0.2, 0.25) is 5.91 Å². The van der Waals surface area contributed by atoms with Crippen molar-refractivity contribution < 1.29 is 4.79 Å². The molecule has 146 valence electrons. The lowest BCUT2D eigenvalue weighted by Crippen LogP contribution is -2.25. The van der Waals surface area contributed by atoms with Crippen molar-refractivity contribution >= 4 is 22.6 Å². The van der Waals surface area contributed by atoms with Crippen LogP contribution in [0, 0.1) is 0 Å². The molecule has 0 saturated carbocycles. The Bertz CT molecular complexity index is 975. The third-order valence-electron chi connectivity index (χ3n) is 5.82. The summed E-state index contributed by atoms with van der Waals surface area (Å²) in [5.74, 6) is 1.42. The minimum Gasteiger partial charge on any atom is -0.328 e. The van der Waals surface area contributed by atoms with E-state index in [1.807, 2.05) is 23.1 Å². The van der Waals surface area contributed by atoms with Gasteiger partial charge < -0.3 is 9.47 Å². The predicted molar refractivity (Wildman–Crippen MR) is 115 cm³/mol. The number of para-hydroxylation sites is 3. The molecule has 1 aliphatic rings. The van der Waals surface area contributed by atoms with E-state index in [1.54, 1.807) is 0 Å². The maximum absolute atomic E-state index is 12.9. The van der Waals surface area contributed by atoms with Gasteiger partial charge in [-0.3, -0.25) is 4.79 Å². The van der Waals surface area contributed by atoms with E-state index in [0.29, 0.717) is 13.0 Å². The minimum absolute atomic E-state index is 0.145. The van der Waals surface area contributed by atoms with Crippen LogP contribution in [0.3, 0.4) is 0 Å². The van der Waals surface area contributed by atoms with Gasteiger partial charge in [-0.05, 0) is 36.6 Å². The van der Waals surface area contributed by atoms with Crippen LogP contribution in [0.2, 0.25) is 0 Å². The lowest BCUT2D eigenvalue weighted by Gasteiger charge is -2.20. The second kappa shape index (κ2) is 8.17. The topological polar surface area (TPSA) is 38.1 Å². The smallest absolute Gasteiger partial charge is 0.227 e. The summed E-state index contributed by atoms with van der Waals surface area (Å²) >= 11 is 0. The van der Waals surface area contributed by atoms with Crippen LogP contribution in [0.15, 0.2) is 48.5 Å². The summed E-state index contributed by atoms with van der Waals surface area (Å²) < 4.78 is 2.36. The highest BCUT2D eigenvalue weighted by Gasteiger charge is 2.35. The molecule has 1 saturated heterocycles. The van der Waals surface area contributed by atoms with Gasteiger partial charge in [0.15, 0.2) is 0 Å². The van der Waals surface area contributed by atoms with E-state index < -0.39 is 0 Å². The summed E-state index contributed by atoms with van der Waals surface area (Å²) in [4.78, 5) is 19.8. The third-order valence-corrected chi connectivity index (χ3v) is 5.82. The van der Waals surface area contributed by atoms with Gasteiger partial charge in [-0.1, -0.05) is 57.0 Å². The van der Waals surface area contributed by atoms with E-state index in [2.05, 4.69) is 48.7 Å². The van der Waals surface area contributed by atoms with Gasteiger partial charge in [0.05, 0.1) is 11.0 Å². The molecule has 1 atom stereocenters. The van der Waals surface area contributed by atoms with Gasteiger partial charge in [-0.15, -0.1) is 0 Å². The highest BCUT2D eigenvalue weighted by molar-refractivity contribution is 5.97. The van der Waals surface area contributed by atoms with Crippen molar-refractivity contribution in [2.45, 2.75) is 58.4 Å². The molecule has 28 heavy (non-hydrogen) atoms. The van der Waals surface area contributed by atoms with Crippen molar-refractivity contribution in [2.75, 3.05) is 11.4 Å². The van der Waals surface area contributed by atoms with E-state index >= 15 is 0 Å². The summed E-state index contributed by atoms with van der Waals surface area (Å²) in [6, 6.07) is 16.6. The van der Waals surface area contributed by atoms with Crippen LogP contribution in [0.5, 0.6) is 0 Å². The van der Waals surface area contributed by atoms with Crippen LogP contribution in [0.25, 0.3) is 11.0 Å². The number of aromatic nitrogens is 2. The van der Waals surface area contributed by atoms with E-state index in [0.717, 1.165) is 36.4 Å². The maximum Gasteiger partial charge on any atom is 0.227 e. The zero-order chi connectivity index (χ0) is 19.5. The molecule has 0 radical (unpaired) electrons. The van der Waals surface area contributed by atoms with E-state index in [4.69, 9.17) is 4.98 Å². The second-order valence-corrected chi connectivity index (χ2v) is 7.71. The van der Waals surface area contributed by atoms with E-state index in [-0.39, 0.29) is 11.8 Å². The first-order chi connectivity index (χ1) is 13.7. The molecule has 1 fully saturated rings.